The van der Waals surface area contributed by atoms with Gasteiger partial charge in [0.15, 0.2) is 0 Å². The number of alkyl halides is 1. The molecule has 0 saturated heterocycles. The maximum atomic E-state index is 11.7. The zero-order valence-electron chi connectivity index (χ0n) is 10.2. The van der Waals surface area contributed by atoms with Crippen molar-refractivity contribution in [1.82, 2.24) is 0 Å². The average Bonchev–Trinajstić information content (AvgIpc) is 2.39. The third kappa shape index (κ3) is 4.90. The van der Waals surface area contributed by atoms with Crippen LogP contribution >= 0.6 is 15.9 Å². The number of methoxy groups -OCH3 is 1. The number of rotatable bonds is 7. The van der Waals surface area contributed by atoms with E-state index in [1.165, 1.54) is 7.11 Å². The Morgan fingerprint density at radius 1 is 1.24 bits per heavy atom. The van der Waals surface area contributed by atoms with Gasteiger partial charge in [-0.1, -0.05) is 59.1 Å². The van der Waals surface area contributed by atoms with E-state index in [4.69, 9.17) is 4.74 Å². The third-order valence-corrected chi connectivity index (χ3v) is 3.37. The van der Waals surface area contributed by atoms with E-state index in [2.05, 4.69) is 15.9 Å². The molecule has 0 aliphatic rings. The van der Waals surface area contributed by atoms with E-state index < -0.39 is 0 Å². The minimum absolute atomic E-state index is 0.114. The minimum Gasteiger partial charge on any atom is -0.469 e. The molecule has 0 saturated carbocycles. The molecule has 0 bridgehead atoms. The molecule has 0 fully saturated rings. The molecule has 17 heavy (non-hydrogen) atoms. The highest BCUT2D eigenvalue weighted by atomic mass is 79.9. The van der Waals surface area contributed by atoms with Gasteiger partial charge in [0.2, 0.25) is 0 Å². The molecule has 0 N–H and O–H groups in total. The topological polar surface area (TPSA) is 26.3 Å². The number of hydrogen-bond acceptors (Lipinski definition) is 2. The SMILES string of the molecule is COC(=O)C(CCCCCBr)c1ccccc1. The third-order valence-electron chi connectivity index (χ3n) is 2.81. The normalized spacial score (nSPS) is 12.1. The van der Waals surface area contributed by atoms with Crippen LogP contribution in [0.5, 0.6) is 0 Å². The standard InChI is InChI=1S/C14H19BrO2/c1-17-14(16)13(10-6-3-7-11-15)12-8-4-2-5-9-12/h2,4-5,8-9,13H,3,6-7,10-11H2,1H3. The van der Waals surface area contributed by atoms with E-state index in [-0.39, 0.29) is 11.9 Å². The van der Waals surface area contributed by atoms with Crippen LogP contribution in [0, 0.1) is 0 Å². The van der Waals surface area contributed by atoms with E-state index in [1.54, 1.807) is 0 Å². The summed E-state index contributed by atoms with van der Waals surface area (Å²) in [5.74, 6) is -0.244. The molecule has 0 amide bonds. The second kappa shape index (κ2) is 8.29. The monoisotopic (exact) mass is 298 g/mol. The number of carbonyl (C=O) groups excluding carboxylic acids is 1. The summed E-state index contributed by atoms with van der Waals surface area (Å²) in [5, 5.41) is 1.03. The number of hydrogen-bond donors (Lipinski definition) is 0. The molecule has 3 heteroatoms. The highest BCUT2D eigenvalue weighted by molar-refractivity contribution is 9.09. The van der Waals surface area contributed by atoms with Crippen LogP contribution in [-0.2, 0) is 9.53 Å². The Morgan fingerprint density at radius 3 is 2.53 bits per heavy atom. The highest BCUT2D eigenvalue weighted by Crippen LogP contribution is 2.23. The van der Waals surface area contributed by atoms with Crippen LogP contribution in [0.1, 0.15) is 37.2 Å². The van der Waals surface area contributed by atoms with Crippen molar-refractivity contribution in [2.75, 3.05) is 12.4 Å². The van der Waals surface area contributed by atoms with Gasteiger partial charge in [-0.25, -0.2) is 0 Å². The maximum Gasteiger partial charge on any atom is 0.313 e. The van der Waals surface area contributed by atoms with E-state index in [0.717, 1.165) is 36.6 Å². The molecule has 0 aromatic heterocycles. The summed E-state index contributed by atoms with van der Waals surface area (Å²) < 4.78 is 4.88. The largest absolute Gasteiger partial charge is 0.469 e. The lowest BCUT2D eigenvalue weighted by Gasteiger charge is -2.14. The smallest absolute Gasteiger partial charge is 0.313 e. The van der Waals surface area contributed by atoms with Gasteiger partial charge in [0, 0.05) is 5.33 Å². The fourth-order valence-corrected chi connectivity index (χ4v) is 2.26. The molecule has 94 valence electrons. The van der Waals surface area contributed by atoms with E-state index in [9.17, 15) is 4.79 Å². The lowest BCUT2D eigenvalue weighted by molar-refractivity contribution is -0.142. The lowest BCUT2D eigenvalue weighted by Crippen LogP contribution is -2.14. The molecule has 1 atom stereocenters. The average molecular weight is 299 g/mol. The van der Waals surface area contributed by atoms with Crippen molar-refractivity contribution in [2.24, 2.45) is 0 Å². The maximum absolute atomic E-state index is 11.7. The first-order chi connectivity index (χ1) is 8.29. The van der Waals surface area contributed by atoms with Crippen LogP contribution in [0.4, 0.5) is 0 Å². The van der Waals surface area contributed by atoms with E-state index in [1.807, 2.05) is 30.3 Å². The Bertz CT molecular complexity index is 324. The fraction of sp³-hybridized carbons (Fsp3) is 0.500. The minimum atomic E-state index is -0.130. The van der Waals surface area contributed by atoms with Crippen LogP contribution in [-0.4, -0.2) is 18.4 Å². The summed E-state index contributed by atoms with van der Waals surface area (Å²) >= 11 is 3.41. The number of ether oxygens (including phenoxy) is 1. The second-order valence-electron chi connectivity index (χ2n) is 4.02. The van der Waals surface area contributed by atoms with Gasteiger partial charge in [0.1, 0.15) is 0 Å². The number of esters is 1. The Morgan fingerprint density at radius 2 is 1.94 bits per heavy atom. The molecule has 0 aliphatic heterocycles. The number of unbranched alkanes of at least 4 members (excludes halogenated alkanes) is 2. The Hall–Kier alpha value is -0.830. The van der Waals surface area contributed by atoms with Gasteiger partial charge in [0.25, 0.3) is 0 Å². The quantitative estimate of drug-likeness (QED) is 0.433. The van der Waals surface area contributed by atoms with Crippen LogP contribution < -0.4 is 0 Å². The summed E-state index contributed by atoms with van der Waals surface area (Å²) in [6, 6.07) is 9.87. The van der Waals surface area contributed by atoms with Crippen molar-refractivity contribution >= 4 is 21.9 Å². The summed E-state index contributed by atoms with van der Waals surface area (Å²) in [7, 11) is 1.46. The molecule has 0 radical (unpaired) electrons. The Labute approximate surface area is 111 Å². The first-order valence-corrected chi connectivity index (χ1v) is 7.10. The summed E-state index contributed by atoms with van der Waals surface area (Å²) in [5.41, 5.74) is 1.05. The van der Waals surface area contributed by atoms with Crippen molar-refractivity contribution < 1.29 is 9.53 Å². The highest BCUT2D eigenvalue weighted by Gasteiger charge is 2.20. The fourth-order valence-electron chi connectivity index (χ4n) is 1.87. The number of halogens is 1. The van der Waals surface area contributed by atoms with Gasteiger partial charge in [-0.3, -0.25) is 4.79 Å². The molecule has 2 nitrogen and oxygen atoms in total. The Balaban J connectivity index is 2.59. The predicted molar refractivity (Wildman–Crippen MR) is 73.5 cm³/mol. The second-order valence-corrected chi connectivity index (χ2v) is 4.82. The number of carbonyl (C=O) groups is 1. The van der Waals surface area contributed by atoms with Crippen molar-refractivity contribution in [3.05, 3.63) is 35.9 Å². The van der Waals surface area contributed by atoms with Gasteiger partial charge in [-0.05, 0) is 18.4 Å². The van der Waals surface area contributed by atoms with E-state index >= 15 is 0 Å². The van der Waals surface area contributed by atoms with Crippen molar-refractivity contribution in [2.45, 2.75) is 31.6 Å². The van der Waals surface area contributed by atoms with Crippen molar-refractivity contribution in [3.8, 4) is 0 Å². The molecule has 0 heterocycles. The molecule has 1 aromatic rings. The first-order valence-electron chi connectivity index (χ1n) is 5.98. The lowest BCUT2D eigenvalue weighted by atomic mass is 9.93. The zero-order chi connectivity index (χ0) is 12.5. The Kier molecular flexibility index (Phi) is 6.94. The predicted octanol–water partition coefficient (Wildman–Crippen LogP) is 3.90. The van der Waals surface area contributed by atoms with Crippen molar-refractivity contribution in [3.63, 3.8) is 0 Å². The van der Waals surface area contributed by atoms with Gasteiger partial charge in [-0.15, -0.1) is 0 Å². The molecule has 1 rings (SSSR count). The summed E-state index contributed by atoms with van der Waals surface area (Å²) in [4.78, 5) is 11.7. The summed E-state index contributed by atoms with van der Waals surface area (Å²) in [6.07, 6.45) is 4.22. The van der Waals surface area contributed by atoms with Gasteiger partial charge < -0.3 is 4.74 Å². The first kappa shape index (κ1) is 14.2. The molecule has 0 aliphatic carbocycles. The van der Waals surface area contributed by atoms with Crippen LogP contribution in [0.2, 0.25) is 0 Å². The van der Waals surface area contributed by atoms with Gasteiger partial charge in [0.05, 0.1) is 13.0 Å². The number of benzene rings is 1. The van der Waals surface area contributed by atoms with Crippen LogP contribution in [0.3, 0.4) is 0 Å². The molecular formula is C14H19BrO2. The molecular weight excluding hydrogens is 280 g/mol. The molecule has 0 spiro atoms. The van der Waals surface area contributed by atoms with Gasteiger partial charge >= 0.3 is 5.97 Å². The summed E-state index contributed by atoms with van der Waals surface area (Å²) in [6.45, 7) is 0. The molecule has 1 unspecified atom stereocenters. The van der Waals surface area contributed by atoms with Crippen LogP contribution in [0.25, 0.3) is 0 Å². The van der Waals surface area contributed by atoms with Gasteiger partial charge in [-0.2, -0.15) is 0 Å². The van der Waals surface area contributed by atoms with Crippen LogP contribution in [0.15, 0.2) is 30.3 Å². The van der Waals surface area contributed by atoms with E-state index in [0.29, 0.717) is 0 Å². The zero-order valence-corrected chi connectivity index (χ0v) is 11.8. The van der Waals surface area contributed by atoms with Crippen molar-refractivity contribution in [1.29, 1.82) is 0 Å². The molecule has 1 aromatic carbocycles.